The zero-order valence-electron chi connectivity index (χ0n) is 12.6. The minimum Gasteiger partial charge on any atom is -0.368 e. The molecule has 0 aromatic carbocycles. The van der Waals surface area contributed by atoms with E-state index in [-0.39, 0.29) is 42.7 Å². The Kier molecular flexibility index (Phi) is 7.95. The molecule has 0 bridgehead atoms. The van der Waals surface area contributed by atoms with E-state index in [0.29, 0.717) is 26.2 Å². The summed E-state index contributed by atoms with van der Waals surface area (Å²) in [7, 11) is 0. The summed E-state index contributed by atoms with van der Waals surface area (Å²) in [6, 6.07) is -0.00398. The number of nitrogens with zero attached hydrogens (tertiary/aromatic N) is 2. The molecule has 1 atom stereocenters. The standard InChI is InChI=1S/C13H24N4O2.2ClH/c1-13(2,12(14)19)17-8-6-16(7-9-17)11(18)10-4-3-5-15-10;;/h10,15H,3-9H2,1-2H3,(H2,14,19);2*1H. The highest BCUT2D eigenvalue weighted by Crippen LogP contribution is 2.18. The smallest absolute Gasteiger partial charge is 0.239 e. The van der Waals surface area contributed by atoms with E-state index in [4.69, 9.17) is 5.73 Å². The Balaban J connectivity index is 0.00000200. The molecule has 2 rings (SSSR count). The van der Waals surface area contributed by atoms with Crippen molar-refractivity contribution in [2.24, 2.45) is 5.73 Å². The van der Waals surface area contributed by atoms with Crippen molar-refractivity contribution in [3.63, 3.8) is 0 Å². The summed E-state index contributed by atoms with van der Waals surface area (Å²) >= 11 is 0. The van der Waals surface area contributed by atoms with E-state index in [9.17, 15) is 9.59 Å². The first-order valence-corrected chi connectivity index (χ1v) is 7.00. The molecule has 3 N–H and O–H groups in total. The number of halogens is 2. The van der Waals surface area contributed by atoms with Crippen LogP contribution in [0.4, 0.5) is 0 Å². The van der Waals surface area contributed by atoms with Crippen LogP contribution in [0.1, 0.15) is 26.7 Å². The Labute approximate surface area is 138 Å². The average Bonchev–Trinajstić information content (AvgIpc) is 2.91. The predicted octanol–water partition coefficient (Wildman–Crippen LogP) is -0.00990. The van der Waals surface area contributed by atoms with Crippen molar-refractivity contribution < 1.29 is 9.59 Å². The maximum atomic E-state index is 12.2. The number of rotatable bonds is 3. The summed E-state index contributed by atoms with van der Waals surface area (Å²) in [6.07, 6.45) is 2.01. The van der Waals surface area contributed by atoms with Gasteiger partial charge in [-0.05, 0) is 33.2 Å². The van der Waals surface area contributed by atoms with Gasteiger partial charge in [0, 0.05) is 26.2 Å². The van der Waals surface area contributed by atoms with Crippen LogP contribution in [0.2, 0.25) is 0 Å². The number of hydrogen-bond donors (Lipinski definition) is 2. The molecule has 0 aromatic heterocycles. The second kappa shape index (κ2) is 8.17. The number of amides is 2. The summed E-state index contributed by atoms with van der Waals surface area (Å²) in [6.45, 7) is 7.37. The summed E-state index contributed by atoms with van der Waals surface area (Å²) in [4.78, 5) is 27.6. The average molecular weight is 341 g/mol. The normalized spacial score (nSPS) is 23.1. The third-order valence-corrected chi connectivity index (χ3v) is 4.34. The molecular weight excluding hydrogens is 315 g/mol. The van der Waals surface area contributed by atoms with Gasteiger partial charge in [0.05, 0.1) is 11.6 Å². The number of nitrogens with two attached hydrogens (primary N) is 1. The van der Waals surface area contributed by atoms with Crippen molar-refractivity contribution in [3.8, 4) is 0 Å². The zero-order chi connectivity index (χ0) is 14.0. The van der Waals surface area contributed by atoms with Crippen LogP contribution >= 0.6 is 24.8 Å². The van der Waals surface area contributed by atoms with Crippen molar-refractivity contribution >= 4 is 36.6 Å². The number of carbonyl (C=O) groups is 2. The van der Waals surface area contributed by atoms with Gasteiger partial charge in [-0.2, -0.15) is 0 Å². The van der Waals surface area contributed by atoms with E-state index in [1.807, 2.05) is 18.7 Å². The minimum absolute atomic E-state index is 0. The molecule has 21 heavy (non-hydrogen) atoms. The predicted molar refractivity (Wildman–Crippen MR) is 86.9 cm³/mol. The van der Waals surface area contributed by atoms with Gasteiger partial charge in [0.1, 0.15) is 0 Å². The van der Waals surface area contributed by atoms with Gasteiger partial charge in [-0.3, -0.25) is 14.5 Å². The molecule has 0 radical (unpaired) electrons. The minimum atomic E-state index is -0.638. The Hall–Kier alpha value is -0.560. The van der Waals surface area contributed by atoms with Crippen LogP contribution in [0, 0.1) is 0 Å². The Morgan fingerprint density at radius 2 is 1.71 bits per heavy atom. The van der Waals surface area contributed by atoms with Crippen molar-refractivity contribution in [2.45, 2.75) is 38.3 Å². The number of hydrogen-bond acceptors (Lipinski definition) is 4. The molecule has 6 nitrogen and oxygen atoms in total. The van der Waals surface area contributed by atoms with Crippen LogP contribution < -0.4 is 11.1 Å². The van der Waals surface area contributed by atoms with Gasteiger partial charge in [-0.15, -0.1) is 24.8 Å². The second-order valence-corrected chi connectivity index (χ2v) is 5.88. The lowest BCUT2D eigenvalue weighted by molar-refractivity contribution is -0.137. The van der Waals surface area contributed by atoms with Gasteiger partial charge < -0.3 is 16.0 Å². The Bertz CT molecular complexity index is 365. The maximum absolute atomic E-state index is 12.2. The summed E-state index contributed by atoms with van der Waals surface area (Å²) in [5.41, 5.74) is 4.79. The molecule has 0 aliphatic carbocycles. The first-order chi connectivity index (χ1) is 8.93. The molecule has 8 heteroatoms. The lowest BCUT2D eigenvalue weighted by Gasteiger charge is -2.42. The van der Waals surface area contributed by atoms with Crippen LogP contribution in [0.15, 0.2) is 0 Å². The summed E-state index contributed by atoms with van der Waals surface area (Å²) in [5.74, 6) is -0.112. The number of piperazine rings is 1. The number of nitrogens with one attached hydrogen (secondary N) is 1. The summed E-state index contributed by atoms with van der Waals surface area (Å²) < 4.78 is 0. The molecule has 124 valence electrons. The molecule has 2 heterocycles. The molecule has 0 aromatic rings. The van der Waals surface area contributed by atoms with E-state index in [0.717, 1.165) is 19.4 Å². The van der Waals surface area contributed by atoms with Gasteiger partial charge in [0.25, 0.3) is 0 Å². The maximum Gasteiger partial charge on any atom is 0.239 e. The fourth-order valence-electron chi connectivity index (χ4n) is 2.76. The van der Waals surface area contributed by atoms with E-state index < -0.39 is 5.54 Å². The van der Waals surface area contributed by atoms with Crippen molar-refractivity contribution in [1.29, 1.82) is 0 Å². The van der Waals surface area contributed by atoms with Gasteiger partial charge in [0.15, 0.2) is 0 Å². The van der Waals surface area contributed by atoms with Crippen molar-refractivity contribution in [2.75, 3.05) is 32.7 Å². The van der Waals surface area contributed by atoms with Crippen LogP contribution in [-0.4, -0.2) is 65.9 Å². The molecule has 2 amide bonds. The third-order valence-electron chi connectivity index (χ3n) is 4.34. The second-order valence-electron chi connectivity index (χ2n) is 5.88. The molecule has 1 unspecified atom stereocenters. The summed E-state index contributed by atoms with van der Waals surface area (Å²) in [5, 5.41) is 3.23. The highest BCUT2D eigenvalue weighted by molar-refractivity contribution is 5.86. The first kappa shape index (κ1) is 20.4. The van der Waals surface area contributed by atoms with Crippen LogP contribution in [0.5, 0.6) is 0 Å². The van der Waals surface area contributed by atoms with Crippen molar-refractivity contribution in [1.82, 2.24) is 15.1 Å². The van der Waals surface area contributed by atoms with Gasteiger partial charge in [-0.25, -0.2) is 0 Å². The Morgan fingerprint density at radius 1 is 1.14 bits per heavy atom. The lowest BCUT2D eigenvalue weighted by atomic mass is 10.0. The molecule has 0 spiro atoms. The van der Waals surface area contributed by atoms with E-state index >= 15 is 0 Å². The highest BCUT2D eigenvalue weighted by Gasteiger charge is 2.36. The van der Waals surface area contributed by atoms with Gasteiger partial charge in [0.2, 0.25) is 11.8 Å². The Morgan fingerprint density at radius 3 is 2.14 bits per heavy atom. The van der Waals surface area contributed by atoms with E-state index in [1.54, 1.807) is 0 Å². The SMILES string of the molecule is CC(C)(C(N)=O)N1CCN(C(=O)C2CCCN2)CC1.Cl.Cl. The van der Waals surface area contributed by atoms with Crippen molar-refractivity contribution in [3.05, 3.63) is 0 Å². The molecular formula is C13H26Cl2N4O2. The van der Waals surface area contributed by atoms with Crippen LogP contribution in [0.3, 0.4) is 0 Å². The monoisotopic (exact) mass is 340 g/mol. The van der Waals surface area contributed by atoms with Gasteiger partial charge >= 0.3 is 0 Å². The highest BCUT2D eigenvalue weighted by atomic mass is 35.5. The molecule has 2 saturated heterocycles. The molecule has 0 saturated carbocycles. The topological polar surface area (TPSA) is 78.7 Å². The van der Waals surface area contributed by atoms with Crippen LogP contribution in [0.25, 0.3) is 0 Å². The number of carbonyl (C=O) groups excluding carboxylic acids is 2. The fraction of sp³-hybridized carbons (Fsp3) is 0.846. The van der Waals surface area contributed by atoms with Crippen LogP contribution in [-0.2, 0) is 9.59 Å². The number of primary amides is 1. The van der Waals surface area contributed by atoms with E-state index in [2.05, 4.69) is 10.2 Å². The molecule has 2 fully saturated rings. The first-order valence-electron chi connectivity index (χ1n) is 7.00. The molecule has 2 aliphatic heterocycles. The van der Waals surface area contributed by atoms with Gasteiger partial charge in [-0.1, -0.05) is 0 Å². The largest absolute Gasteiger partial charge is 0.368 e. The zero-order valence-corrected chi connectivity index (χ0v) is 14.3. The van der Waals surface area contributed by atoms with E-state index in [1.165, 1.54) is 0 Å². The third kappa shape index (κ3) is 4.45. The molecule has 2 aliphatic rings. The lowest BCUT2D eigenvalue weighted by Crippen LogP contribution is -2.61. The quantitative estimate of drug-likeness (QED) is 0.757. The fourth-order valence-corrected chi connectivity index (χ4v) is 2.76.